The minimum absolute atomic E-state index is 0.158. The number of hydrogen-bond acceptors (Lipinski definition) is 7. The minimum Gasteiger partial charge on any atom is -0.336 e. The maximum absolute atomic E-state index is 12.9. The third-order valence-corrected chi connectivity index (χ3v) is 4.73. The molecular formula is C17H17N7OS. The zero-order valence-electron chi connectivity index (χ0n) is 14.6. The highest BCUT2D eigenvalue weighted by molar-refractivity contribution is 7.00. The molecule has 0 fully saturated rings. The molecular weight excluding hydrogens is 350 g/mol. The predicted octanol–water partition coefficient (Wildman–Crippen LogP) is 2.52. The van der Waals surface area contributed by atoms with Crippen molar-refractivity contribution in [3.63, 3.8) is 0 Å². The highest BCUT2D eigenvalue weighted by atomic mass is 32.1. The Kier molecular flexibility index (Phi) is 4.08. The van der Waals surface area contributed by atoms with E-state index >= 15 is 0 Å². The molecule has 0 bridgehead atoms. The fourth-order valence-corrected chi connectivity index (χ4v) is 3.34. The third-order valence-electron chi connectivity index (χ3n) is 4.17. The molecule has 26 heavy (non-hydrogen) atoms. The highest BCUT2D eigenvalue weighted by Gasteiger charge is 2.19. The zero-order chi connectivity index (χ0) is 18.3. The second-order valence-corrected chi connectivity index (χ2v) is 6.97. The van der Waals surface area contributed by atoms with Crippen LogP contribution in [0.15, 0.2) is 30.6 Å². The van der Waals surface area contributed by atoms with E-state index in [1.165, 1.54) is 18.1 Å². The molecule has 0 saturated heterocycles. The van der Waals surface area contributed by atoms with Crippen molar-refractivity contribution in [3.8, 4) is 0 Å². The average molecular weight is 367 g/mol. The van der Waals surface area contributed by atoms with Gasteiger partial charge < -0.3 is 4.90 Å². The van der Waals surface area contributed by atoms with Crippen LogP contribution < -0.4 is 0 Å². The van der Waals surface area contributed by atoms with Gasteiger partial charge in [0.25, 0.3) is 11.7 Å². The Labute approximate surface area is 153 Å². The topological polar surface area (TPSA) is 89.2 Å². The first-order chi connectivity index (χ1) is 12.5. The van der Waals surface area contributed by atoms with Gasteiger partial charge in [-0.05, 0) is 29.7 Å². The van der Waals surface area contributed by atoms with Gasteiger partial charge >= 0.3 is 0 Å². The van der Waals surface area contributed by atoms with Gasteiger partial charge in [0, 0.05) is 13.6 Å². The van der Waals surface area contributed by atoms with Crippen LogP contribution in [0, 0.1) is 0 Å². The molecule has 3 aromatic heterocycles. The molecule has 0 aliphatic carbocycles. The molecule has 0 spiro atoms. The Morgan fingerprint density at radius 1 is 1.23 bits per heavy atom. The van der Waals surface area contributed by atoms with Crippen LogP contribution in [0.4, 0.5) is 0 Å². The normalized spacial score (nSPS) is 11.5. The standard InChI is InChI=1S/C17H17N7OS/c1-10(2)15-7-14(20-17-18-9-19-24(15)17)16(25)23(3)8-11-4-5-12-13(6-11)22-26-21-12/h4-7,9-10H,8H2,1-3H3. The second-order valence-electron chi connectivity index (χ2n) is 6.44. The summed E-state index contributed by atoms with van der Waals surface area (Å²) in [4.78, 5) is 23.0. The van der Waals surface area contributed by atoms with E-state index in [0.717, 1.165) is 22.3 Å². The third kappa shape index (κ3) is 2.90. The molecule has 4 rings (SSSR count). The summed E-state index contributed by atoms with van der Waals surface area (Å²) in [5.74, 6) is 0.468. The molecule has 0 N–H and O–H groups in total. The van der Waals surface area contributed by atoms with Crippen molar-refractivity contribution in [3.05, 3.63) is 47.5 Å². The summed E-state index contributed by atoms with van der Waals surface area (Å²) in [6, 6.07) is 7.63. The van der Waals surface area contributed by atoms with Crippen molar-refractivity contribution in [2.45, 2.75) is 26.3 Å². The number of carbonyl (C=O) groups is 1. The first-order valence-corrected chi connectivity index (χ1v) is 8.93. The van der Waals surface area contributed by atoms with Crippen LogP contribution in [0.5, 0.6) is 0 Å². The Morgan fingerprint density at radius 2 is 2.04 bits per heavy atom. The summed E-state index contributed by atoms with van der Waals surface area (Å²) in [6.45, 7) is 4.56. The number of amides is 1. The van der Waals surface area contributed by atoms with E-state index in [2.05, 4.69) is 23.8 Å². The molecule has 0 aliphatic rings. The number of benzene rings is 1. The van der Waals surface area contributed by atoms with Gasteiger partial charge in [0.1, 0.15) is 23.1 Å². The molecule has 0 atom stereocenters. The van der Waals surface area contributed by atoms with Crippen molar-refractivity contribution in [1.29, 1.82) is 0 Å². The van der Waals surface area contributed by atoms with Crippen LogP contribution >= 0.6 is 11.7 Å². The molecule has 4 aromatic rings. The molecule has 132 valence electrons. The Bertz CT molecular complexity index is 1100. The largest absolute Gasteiger partial charge is 0.336 e. The van der Waals surface area contributed by atoms with Crippen molar-refractivity contribution >= 4 is 34.4 Å². The number of carbonyl (C=O) groups excluding carboxylic acids is 1. The fraction of sp³-hybridized carbons (Fsp3) is 0.294. The number of fused-ring (bicyclic) bond motifs is 2. The molecule has 0 radical (unpaired) electrons. The van der Waals surface area contributed by atoms with E-state index in [4.69, 9.17) is 0 Å². The number of hydrogen-bond donors (Lipinski definition) is 0. The Balaban J connectivity index is 1.62. The van der Waals surface area contributed by atoms with Gasteiger partial charge in [-0.1, -0.05) is 19.9 Å². The van der Waals surface area contributed by atoms with Crippen LogP contribution in [0.3, 0.4) is 0 Å². The molecule has 3 heterocycles. The van der Waals surface area contributed by atoms with E-state index in [0.29, 0.717) is 18.0 Å². The maximum Gasteiger partial charge on any atom is 0.272 e. The van der Waals surface area contributed by atoms with E-state index in [9.17, 15) is 4.79 Å². The fourth-order valence-electron chi connectivity index (χ4n) is 2.82. The van der Waals surface area contributed by atoms with Gasteiger partial charge in [-0.2, -0.15) is 18.8 Å². The molecule has 1 aromatic carbocycles. The van der Waals surface area contributed by atoms with Gasteiger partial charge in [-0.25, -0.2) is 9.50 Å². The summed E-state index contributed by atoms with van der Waals surface area (Å²) >= 11 is 1.18. The summed E-state index contributed by atoms with van der Waals surface area (Å²) in [7, 11) is 1.76. The summed E-state index contributed by atoms with van der Waals surface area (Å²) in [5.41, 5.74) is 3.98. The lowest BCUT2D eigenvalue weighted by molar-refractivity contribution is 0.0779. The van der Waals surface area contributed by atoms with Crippen LogP contribution in [-0.4, -0.2) is 46.2 Å². The van der Waals surface area contributed by atoms with Crippen molar-refractivity contribution in [1.82, 2.24) is 33.2 Å². The van der Waals surface area contributed by atoms with Gasteiger partial charge in [-0.15, -0.1) is 0 Å². The smallest absolute Gasteiger partial charge is 0.272 e. The number of aromatic nitrogens is 6. The first-order valence-electron chi connectivity index (χ1n) is 8.20. The quantitative estimate of drug-likeness (QED) is 0.551. The molecule has 0 aliphatic heterocycles. The summed E-state index contributed by atoms with van der Waals surface area (Å²) in [6.07, 6.45) is 1.45. The Morgan fingerprint density at radius 3 is 2.85 bits per heavy atom. The van der Waals surface area contributed by atoms with Crippen molar-refractivity contribution < 1.29 is 4.79 Å². The lowest BCUT2D eigenvalue weighted by atomic mass is 10.1. The lowest BCUT2D eigenvalue weighted by Crippen LogP contribution is -2.27. The lowest BCUT2D eigenvalue weighted by Gasteiger charge is -2.18. The first kappa shape index (κ1) is 16.5. The molecule has 8 nitrogen and oxygen atoms in total. The van der Waals surface area contributed by atoms with E-state index in [-0.39, 0.29) is 11.8 Å². The van der Waals surface area contributed by atoms with E-state index < -0.39 is 0 Å². The number of rotatable bonds is 4. The molecule has 0 saturated carbocycles. The van der Waals surface area contributed by atoms with E-state index in [1.54, 1.807) is 22.5 Å². The summed E-state index contributed by atoms with van der Waals surface area (Å²) < 4.78 is 10.1. The maximum atomic E-state index is 12.9. The highest BCUT2D eigenvalue weighted by Crippen LogP contribution is 2.18. The monoisotopic (exact) mass is 367 g/mol. The van der Waals surface area contributed by atoms with Crippen LogP contribution in [0.1, 0.15) is 41.5 Å². The number of nitrogens with zero attached hydrogens (tertiary/aromatic N) is 7. The summed E-state index contributed by atoms with van der Waals surface area (Å²) in [5, 5.41) is 4.18. The van der Waals surface area contributed by atoms with Crippen LogP contribution in [0.2, 0.25) is 0 Å². The average Bonchev–Trinajstić information content (AvgIpc) is 3.28. The molecule has 1 amide bonds. The van der Waals surface area contributed by atoms with Crippen molar-refractivity contribution in [2.75, 3.05) is 7.05 Å². The van der Waals surface area contributed by atoms with Crippen molar-refractivity contribution in [2.24, 2.45) is 0 Å². The molecule has 0 unspecified atom stereocenters. The van der Waals surface area contributed by atoms with Gasteiger partial charge in [0.05, 0.1) is 17.4 Å². The van der Waals surface area contributed by atoms with Gasteiger partial charge in [-0.3, -0.25) is 4.79 Å². The molecule has 9 heteroatoms. The predicted molar refractivity (Wildman–Crippen MR) is 98.1 cm³/mol. The van der Waals surface area contributed by atoms with Crippen LogP contribution in [0.25, 0.3) is 16.8 Å². The SMILES string of the molecule is CC(C)c1cc(C(=O)N(C)Cc2ccc3nsnc3c2)nc2ncnn12. The van der Waals surface area contributed by atoms with E-state index in [1.807, 2.05) is 32.0 Å². The second kappa shape index (κ2) is 6.41. The van der Waals surface area contributed by atoms with Crippen LogP contribution in [-0.2, 0) is 6.54 Å². The van der Waals surface area contributed by atoms with Gasteiger partial charge in [0.2, 0.25) is 0 Å². The zero-order valence-corrected chi connectivity index (χ0v) is 15.4. The van der Waals surface area contributed by atoms with Gasteiger partial charge in [0.15, 0.2) is 0 Å². The minimum atomic E-state index is -0.158. The Hall–Kier alpha value is -2.94.